The lowest BCUT2D eigenvalue weighted by atomic mass is 10.1. The van der Waals surface area contributed by atoms with Crippen molar-refractivity contribution in [3.63, 3.8) is 0 Å². The van der Waals surface area contributed by atoms with Gasteiger partial charge in [-0.25, -0.2) is 0 Å². The highest BCUT2D eigenvalue weighted by Gasteiger charge is 2.29. The van der Waals surface area contributed by atoms with Gasteiger partial charge in [0.25, 0.3) is 17.1 Å². The molecule has 2 fully saturated rings. The molecule has 1 N–H and O–H groups in total. The largest absolute Gasteiger partial charge is 0.339 e. The van der Waals surface area contributed by atoms with E-state index in [9.17, 15) is 19.2 Å². The van der Waals surface area contributed by atoms with Crippen LogP contribution < -0.4 is 5.32 Å². The Morgan fingerprint density at radius 2 is 1.70 bits per heavy atom. The Morgan fingerprint density at radius 3 is 2.43 bits per heavy atom. The Morgan fingerprint density at radius 1 is 0.967 bits per heavy atom. The molecule has 0 aliphatic carbocycles. The predicted octanol–water partition coefficient (Wildman–Crippen LogP) is 3.37. The molecule has 0 bridgehead atoms. The van der Waals surface area contributed by atoms with Crippen molar-refractivity contribution in [2.75, 3.05) is 24.2 Å². The lowest BCUT2D eigenvalue weighted by Gasteiger charge is -2.16. The summed E-state index contributed by atoms with van der Waals surface area (Å²) in [4.78, 5) is 51.9. The van der Waals surface area contributed by atoms with Gasteiger partial charge in [0.1, 0.15) is 0 Å². The average Bonchev–Trinajstić information content (AvgIpc) is 3.40. The Labute approximate surface area is 178 Å². The lowest BCUT2D eigenvalue weighted by molar-refractivity contribution is -0.125. The van der Waals surface area contributed by atoms with Crippen LogP contribution in [0.4, 0.5) is 10.5 Å². The highest BCUT2D eigenvalue weighted by molar-refractivity contribution is 8.14. The number of benzene rings is 2. The van der Waals surface area contributed by atoms with Crippen LogP contribution in [-0.4, -0.2) is 51.6 Å². The number of carbonyl (C=O) groups is 4. The van der Waals surface area contributed by atoms with E-state index in [-0.39, 0.29) is 35.3 Å². The molecule has 7 nitrogen and oxygen atoms in total. The second-order valence-corrected chi connectivity index (χ2v) is 8.20. The average molecular weight is 423 g/mol. The molecule has 2 aliphatic heterocycles. The van der Waals surface area contributed by atoms with Crippen LogP contribution in [0.1, 0.15) is 39.1 Å². The number of rotatable bonds is 5. The number of nitrogens with zero attached hydrogens (tertiary/aromatic N) is 2. The van der Waals surface area contributed by atoms with E-state index in [4.69, 9.17) is 0 Å². The summed E-state index contributed by atoms with van der Waals surface area (Å²) < 4.78 is 0. The van der Waals surface area contributed by atoms with E-state index in [2.05, 4.69) is 5.32 Å². The quantitative estimate of drug-likeness (QED) is 0.797. The predicted molar refractivity (Wildman–Crippen MR) is 114 cm³/mol. The van der Waals surface area contributed by atoms with Gasteiger partial charge in [-0.15, -0.1) is 0 Å². The molecule has 2 aromatic carbocycles. The van der Waals surface area contributed by atoms with Crippen LogP contribution in [0.15, 0.2) is 48.5 Å². The first-order valence-electron chi connectivity index (χ1n) is 9.78. The Bertz CT molecular complexity index is 1000. The highest BCUT2D eigenvalue weighted by Crippen LogP contribution is 2.22. The maximum Gasteiger partial charge on any atom is 0.289 e. The Kier molecular flexibility index (Phi) is 5.85. The van der Waals surface area contributed by atoms with E-state index in [0.29, 0.717) is 22.4 Å². The fourth-order valence-electron chi connectivity index (χ4n) is 3.56. The molecule has 154 valence electrons. The number of likely N-dealkylation sites (tertiary alicyclic amines) is 1. The molecule has 2 heterocycles. The molecule has 4 rings (SSSR count). The maximum absolute atomic E-state index is 12.7. The van der Waals surface area contributed by atoms with E-state index >= 15 is 0 Å². The zero-order valence-electron chi connectivity index (χ0n) is 16.3. The first-order chi connectivity index (χ1) is 14.5. The summed E-state index contributed by atoms with van der Waals surface area (Å²) >= 11 is 0.985. The van der Waals surface area contributed by atoms with Gasteiger partial charge in [-0.1, -0.05) is 30.0 Å². The molecule has 0 saturated carbocycles. The lowest BCUT2D eigenvalue weighted by Crippen LogP contribution is -2.28. The normalized spacial score (nSPS) is 16.3. The number of amides is 4. The van der Waals surface area contributed by atoms with Crippen molar-refractivity contribution in [1.29, 1.82) is 0 Å². The first kappa shape index (κ1) is 20.2. The van der Waals surface area contributed by atoms with Crippen molar-refractivity contribution in [3.05, 3.63) is 65.2 Å². The Balaban J connectivity index is 1.45. The summed E-state index contributed by atoms with van der Waals surface area (Å²) in [7, 11) is 0. The van der Waals surface area contributed by atoms with Crippen LogP contribution in [0.2, 0.25) is 0 Å². The van der Waals surface area contributed by atoms with Gasteiger partial charge in [-0.3, -0.25) is 24.1 Å². The first-order valence-corrected chi connectivity index (χ1v) is 10.8. The molecule has 30 heavy (non-hydrogen) atoms. The SMILES string of the molecule is O=C(Nc1cccc(C(=O)N2CCCC2)c1)c1cccc(CN2C(=O)CSC2=O)c1. The summed E-state index contributed by atoms with van der Waals surface area (Å²) in [6, 6.07) is 13.7. The van der Waals surface area contributed by atoms with Crippen LogP contribution in [0.5, 0.6) is 0 Å². The van der Waals surface area contributed by atoms with Crippen LogP contribution in [0.3, 0.4) is 0 Å². The Hall–Kier alpha value is -3.13. The minimum atomic E-state index is -0.323. The number of hydrogen-bond donors (Lipinski definition) is 1. The number of imide groups is 1. The second-order valence-electron chi connectivity index (χ2n) is 7.27. The van der Waals surface area contributed by atoms with Gasteiger partial charge in [0, 0.05) is 29.9 Å². The van der Waals surface area contributed by atoms with Gasteiger partial charge in [0.15, 0.2) is 0 Å². The van der Waals surface area contributed by atoms with E-state index in [1.807, 2.05) is 4.90 Å². The molecule has 2 saturated heterocycles. The van der Waals surface area contributed by atoms with Gasteiger partial charge in [-0.2, -0.15) is 0 Å². The topological polar surface area (TPSA) is 86.8 Å². The molecular formula is C22H21N3O4S. The van der Waals surface area contributed by atoms with E-state index in [1.54, 1.807) is 48.5 Å². The number of nitrogens with one attached hydrogen (secondary N) is 1. The summed E-state index contributed by atoms with van der Waals surface area (Å²) in [6.07, 6.45) is 2.04. The third-order valence-corrected chi connectivity index (χ3v) is 5.99. The highest BCUT2D eigenvalue weighted by atomic mass is 32.2. The van der Waals surface area contributed by atoms with Crippen molar-refractivity contribution in [3.8, 4) is 0 Å². The molecule has 0 unspecified atom stereocenters. The van der Waals surface area contributed by atoms with E-state index < -0.39 is 0 Å². The smallest absolute Gasteiger partial charge is 0.289 e. The van der Waals surface area contributed by atoms with Crippen molar-refractivity contribution in [2.45, 2.75) is 19.4 Å². The summed E-state index contributed by atoms with van der Waals surface area (Å²) in [5.41, 5.74) is 2.20. The molecule has 2 aliphatic rings. The second kappa shape index (κ2) is 8.71. The standard InChI is InChI=1S/C22H21N3O4S/c26-19-14-30-22(29)25(19)13-15-5-3-6-16(11-15)20(27)23-18-8-4-7-17(12-18)21(28)24-9-1-2-10-24/h3-8,11-12H,1-2,9-10,13-14H2,(H,23,27). The minimum absolute atomic E-state index is 0.0246. The zero-order chi connectivity index (χ0) is 21.1. The molecular weight excluding hydrogens is 402 g/mol. The van der Waals surface area contributed by atoms with E-state index in [1.165, 1.54) is 4.90 Å². The number of anilines is 1. The number of hydrogen-bond acceptors (Lipinski definition) is 5. The molecule has 4 amide bonds. The summed E-state index contributed by atoms with van der Waals surface area (Å²) in [5.74, 6) is -0.412. The monoisotopic (exact) mass is 423 g/mol. The van der Waals surface area contributed by atoms with Crippen molar-refractivity contribution in [2.24, 2.45) is 0 Å². The summed E-state index contributed by atoms with van der Waals surface area (Å²) in [5, 5.41) is 2.55. The minimum Gasteiger partial charge on any atom is -0.339 e. The molecule has 2 aromatic rings. The van der Waals surface area contributed by atoms with Gasteiger partial charge in [0.2, 0.25) is 5.91 Å². The summed E-state index contributed by atoms with van der Waals surface area (Å²) in [6.45, 7) is 1.68. The van der Waals surface area contributed by atoms with Gasteiger partial charge < -0.3 is 10.2 Å². The van der Waals surface area contributed by atoms with Crippen LogP contribution in [-0.2, 0) is 11.3 Å². The van der Waals surface area contributed by atoms with Gasteiger partial charge in [0.05, 0.1) is 12.3 Å². The number of thioether (sulfide) groups is 1. The maximum atomic E-state index is 12.7. The third-order valence-electron chi connectivity index (χ3n) is 5.13. The van der Waals surface area contributed by atoms with Gasteiger partial charge >= 0.3 is 0 Å². The fourth-order valence-corrected chi connectivity index (χ4v) is 4.29. The van der Waals surface area contributed by atoms with Crippen molar-refractivity contribution in [1.82, 2.24) is 9.80 Å². The van der Waals surface area contributed by atoms with E-state index in [0.717, 1.165) is 37.7 Å². The molecule has 8 heteroatoms. The van der Waals surface area contributed by atoms with Crippen molar-refractivity contribution >= 4 is 40.4 Å². The zero-order valence-corrected chi connectivity index (χ0v) is 17.1. The van der Waals surface area contributed by atoms with Gasteiger partial charge in [-0.05, 0) is 48.7 Å². The molecule has 0 spiro atoms. The van der Waals surface area contributed by atoms with Crippen LogP contribution in [0.25, 0.3) is 0 Å². The van der Waals surface area contributed by atoms with Crippen LogP contribution >= 0.6 is 11.8 Å². The molecule has 0 atom stereocenters. The van der Waals surface area contributed by atoms with Crippen LogP contribution in [0, 0.1) is 0 Å². The fraction of sp³-hybridized carbons (Fsp3) is 0.273. The van der Waals surface area contributed by atoms with Crippen molar-refractivity contribution < 1.29 is 19.2 Å². The third kappa shape index (κ3) is 4.38. The molecule has 0 aromatic heterocycles. The molecule has 0 radical (unpaired) electrons. The number of carbonyl (C=O) groups excluding carboxylic acids is 4.